The Labute approximate surface area is 141 Å². The summed E-state index contributed by atoms with van der Waals surface area (Å²) in [6, 6.07) is 6.43. The van der Waals surface area contributed by atoms with Crippen LogP contribution < -0.4 is 5.32 Å². The second kappa shape index (κ2) is 6.39. The maximum absolute atomic E-state index is 12.0. The van der Waals surface area contributed by atoms with E-state index in [2.05, 4.69) is 20.6 Å². The number of anilines is 1. The molecule has 0 aliphatic rings. The third-order valence-corrected chi connectivity index (χ3v) is 3.39. The van der Waals surface area contributed by atoms with Crippen molar-refractivity contribution in [2.75, 3.05) is 5.32 Å². The van der Waals surface area contributed by atoms with Crippen LogP contribution >= 0.6 is 23.2 Å². The van der Waals surface area contributed by atoms with Gasteiger partial charge in [-0.05, 0) is 31.2 Å². The molecule has 1 aromatic carbocycles. The molecule has 2 heterocycles. The summed E-state index contributed by atoms with van der Waals surface area (Å²) in [6.07, 6.45) is 1.71. The van der Waals surface area contributed by atoms with Crippen molar-refractivity contribution in [2.24, 2.45) is 0 Å². The predicted molar refractivity (Wildman–Crippen MR) is 85.6 cm³/mol. The zero-order valence-electron chi connectivity index (χ0n) is 12.0. The van der Waals surface area contributed by atoms with Crippen LogP contribution in [-0.4, -0.2) is 25.9 Å². The number of rotatable bonds is 4. The molecule has 23 heavy (non-hydrogen) atoms. The Morgan fingerprint density at radius 1 is 1.26 bits per heavy atom. The van der Waals surface area contributed by atoms with Gasteiger partial charge < -0.3 is 4.42 Å². The van der Waals surface area contributed by atoms with Crippen LogP contribution in [0.25, 0.3) is 11.5 Å². The minimum Gasteiger partial charge on any atom is -0.403 e. The minimum absolute atomic E-state index is 0.0350. The number of carbonyl (C=O) groups is 1. The van der Waals surface area contributed by atoms with Gasteiger partial charge in [0.2, 0.25) is 5.89 Å². The van der Waals surface area contributed by atoms with Gasteiger partial charge in [0.1, 0.15) is 0 Å². The van der Waals surface area contributed by atoms with E-state index in [-0.39, 0.29) is 17.6 Å². The Hall–Kier alpha value is -2.38. The fourth-order valence-corrected chi connectivity index (χ4v) is 2.41. The lowest BCUT2D eigenvalue weighted by molar-refractivity contribution is 0.101. The number of aromatic nitrogens is 4. The van der Waals surface area contributed by atoms with E-state index in [4.69, 9.17) is 27.6 Å². The average Bonchev–Trinajstić information content (AvgIpc) is 3.15. The first kappa shape index (κ1) is 15.5. The molecule has 7 nitrogen and oxygen atoms in total. The number of aryl methyl sites for hydroxylation is 1. The van der Waals surface area contributed by atoms with Crippen molar-refractivity contribution in [3.63, 3.8) is 0 Å². The van der Waals surface area contributed by atoms with Gasteiger partial charge in [0.05, 0.1) is 0 Å². The molecule has 0 aliphatic heterocycles. The van der Waals surface area contributed by atoms with Gasteiger partial charge in [-0.25, -0.2) is 0 Å². The first-order chi connectivity index (χ1) is 11.0. The molecular weight excluding hydrogens is 341 g/mol. The van der Waals surface area contributed by atoms with Crippen molar-refractivity contribution in [3.05, 3.63) is 46.2 Å². The van der Waals surface area contributed by atoms with Crippen LogP contribution in [0.3, 0.4) is 0 Å². The second-order valence-corrected chi connectivity index (χ2v) is 5.45. The summed E-state index contributed by atoms with van der Waals surface area (Å²) in [5.41, 5.74) is 0.822. The molecule has 3 rings (SSSR count). The molecule has 0 unspecified atom stereocenters. The van der Waals surface area contributed by atoms with Gasteiger partial charge in [0.15, 0.2) is 5.69 Å². The van der Waals surface area contributed by atoms with Crippen molar-refractivity contribution in [1.82, 2.24) is 20.0 Å². The molecule has 0 fully saturated rings. The van der Waals surface area contributed by atoms with Crippen LogP contribution in [0.1, 0.15) is 17.4 Å². The number of carbonyl (C=O) groups excluding carboxylic acids is 1. The van der Waals surface area contributed by atoms with Gasteiger partial charge in [0, 0.05) is 28.4 Å². The molecule has 0 atom stereocenters. The fraction of sp³-hybridized carbons (Fsp3) is 0.143. The summed E-state index contributed by atoms with van der Waals surface area (Å²) >= 11 is 11.9. The highest BCUT2D eigenvalue weighted by atomic mass is 35.5. The maximum atomic E-state index is 12.0. The SMILES string of the molecule is CCn1ccc(C(=O)Nc2nnc(-c3cc(Cl)cc(Cl)c3)o2)n1. The first-order valence-corrected chi connectivity index (χ1v) is 7.45. The quantitative estimate of drug-likeness (QED) is 0.777. The highest BCUT2D eigenvalue weighted by Gasteiger charge is 2.15. The van der Waals surface area contributed by atoms with Crippen molar-refractivity contribution in [1.29, 1.82) is 0 Å². The van der Waals surface area contributed by atoms with E-state index < -0.39 is 5.91 Å². The molecule has 9 heteroatoms. The van der Waals surface area contributed by atoms with Crippen molar-refractivity contribution < 1.29 is 9.21 Å². The van der Waals surface area contributed by atoms with Crippen LogP contribution in [0.4, 0.5) is 6.01 Å². The third kappa shape index (κ3) is 3.52. The van der Waals surface area contributed by atoms with Gasteiger partial charge in [-0.3, -0.25) is 14.8 Å². The Morgan fingerprint density at radius 2 is 2.00 bits per heavy atom. The van der Waals surface area contributed by atoms with Gasteiger partial charge in [-0.2, -0.15) is 5.10 Å². The molecule has 0 spiro atoms. The Bertz CT molecular complexity index is 838. The number of halogens is 2. The molecule has 3 aromatic rings. The van der Waals surface area contributed by atoms with Crippen molar-refractivity contribution in [2.45, 2.75) is 13.5 Å². The Morgan fingerprint density at radius 3 is 2.65 bits per heavy atom. The van der Waals surface area contributed by atoms with Crippen LogP contribution in [0.2, 0.25) is 10.0 Å². The number of nitrogens with zero attached hydrogens (tertiary/aromatic N) is 4. The summed E-state index contributed by atoms with van der Waals surface area (Å²) < 4.78 is 7.04. The molecule has 2 aromatic heterocycles. The fourth-order valence-electron chi connectivity index (χ4n) is 1.89. The third-order valence-electron chi connectivity index (χ3n) is 2.95. The maximum Gasteiger partial charge on any atom is 0.322 e. The highest BCUT2D eigenvalue weighted by Crippen LogP contribution is 2.27. The van der Waals surface area contributed by atoms with E-state index in [9.17, 15) is 4.79 Å². The molecular formula is C14H11Cl2N5O2. The van der Waals surface area contributed by atoms with E-state index in [1.807, 2.05) is 6.92 Å². The normalized spacial score (nSPS) is 10.7. The molecule has 0 saturated carbocycles. The van der Waals surface area contributed by atoms with Crippen molar-refractivity contribution in [3.8, 4) is 11.5 Å². The first-order valence-electron chi connectivity index (χ1n) is 6.70. The standard InChI is InChI=1S/C14H11Cl2N5O2/c1-2-21-4-3-11(20-21)12(22)17-14-19-18-13(23-14)8-5-9(15)7-10(16)6-8/h3-7H,2H2,1H3,(H,17,19,22). The van der Waals surface area contributed by atoms with E-state index in [1.165, 1.54) is 0 Å². The zero-order chi connectivity index (χ0) is 16.4. The smallest absolute Gasteiger partial charge is 0.322 e. The van der Waals surface area contributed by atoms with Gasteiger partial charge >= 0.3 is 6.01 Å². The van der Waals surface area contributed by atoms with Crippen LogP contribution in [0, 0.1) is 0 Å². The summed E-state index contributed by atoms with van der Waals surface area (Å²) in [4.78, 5) is 12.0. The second-order valence-electron chi connectivity index (χ2n) is 4.58. The highest BCUT2D eigenvalue weighted by molar-refractivity contribution is 6.35. The molecule has 118 valence electrons. The van der Waals surface area contributed by atoms with Crippen LogP contribution in [-0.2, 0) is 6.54 Å². The minimum atomic E-state index is -0.434. The van der Waals surface area contributed by atoms with E-state index in [1.54, 1.807) is 35.1 Å². The number of hydrogen-bond acceptors (Lipinski definition) is 5. The lowest BCUT2D eigenvalue weighted by atomic mass is 10.2. The lowest BCUT2D eigenvalue weighted by Crippen LogP contribution is -2.13. The van der Waals surface area contributed by atoms with Gasteiger partial charge in [0.25, 0.3) is 5.91 Å². The number of hydrogen-bond donors (Lipinski definition) is 1. The van der Waals surface area contributed by atoms with E-state index in [0.29, 0.717) is 22.2 Å². The Balaban J connectivity index is 1.77. The predicted octanol–water partition coefficient (Wildman–Crippen LogP) is 3.51. The lowest BCUT2D eigenvalue weighted by Gasteiger charge is -1.98. The average molecular weight is 352 g/mol. The monoisotopic (exact) mass is 351 g/mol. The van der Waals surface area contributed by atoms with Crippen LogP contribution in [0.15, 0.2) is 34.9 Å². The topological polar surface area (TPSA) is 85.8 Å². The molecule has 0 bridgehead atoms. The molecule has 1 amide bonds. The largest absolute Gasteiger partial charge is 0.403 e. The van der Waals surface area contributed by atoms with Crippen molar-refractivity contribution >= 4 is 35.1 Å². The number of benzene rings is 1. The summed E-state index contributed by atoms with van der Waals surface area (Å²) in [6.45, 7) is 2.60. The van der Waals surface area contributed by atoms with Gasteiger partial charge in [-0.1, -0.05) is 28.3 Å². The number of amides is 1. The molecule has 1 N–H and O–H groups in total. The molecule has 0 radical (unpaired) electrons. The number of nitrogens with one attached hydrogen (secondary N) is 1. The van der Waals surface area contributed by atoms with Crippen LogP contribution in [0.5, 0.6) is 0 Å². The molecule has 0 saturated heterocycles. The van der Waals surface area contributed by atoms with E-state index >= 15 is 0 Å². The molecule has 0 aliphatic carbocycles. The summed E-state index contributed by atoms with van der Waals surface area (Å²) in [7, 11) is 0. The zero-order valence-corrected chi connectivity index (χ0v) is 13.5. The van der Waals surface area contributed by atoms with Gasteiger partial charge in [-0.15, -0.1) is 5.10 Å². The van der Waals surface area contributed by atoms with E-state index in [0.717, 1.165) is 0 Å². The summed E-state index contributed by atoms with van der Waals surface area (Å²) in [5, 5.41) is 15.1. The Kier molecular flexibility index (Phi) is 4.31. The summed E-state index contributed by atoms with van der Waals surface area (Å²) in [5.74, 6) is -0.236.